The summed E-state index contributed by atoms with van der Waals surface area (Å²) in [5, 5.41) is 12.5. The maximum absolute atomic E-state index is 11.5. The number of carbonyl (C=O) groups is 1. The molecule has 0 aromatic rings. The Bertz CT molecular complexity index is 239. The van der Waals surface area contributed by atoms with Crippen molar-refractivity contribution in [3.8, 4) is 0 Å². The Labute approximate surface area is 91.6 Å². The molecule has 0 saturated heterocycles. The molecule has 2 atom stereocenters. The number of aliphatic hydroxyl groups excluding tert-OH is 1. The molecule has 1 saturated carbocycles. The lowest BCUT2D eigenvalue weighted by atomic mass is 9.64. The first-order valence-corrected chi connectivity index (χ1v) is 5.46. The van der Waals surface area contributed by atoms with Crippen molar-refractivity contribution in [2.24, 2.45) is 5.41 Å². The standard InChI is InChI=1S/C11H22N2O2/c1-11(2)8(7-9(11)14)12-10(15)5-6-13(3)4/h8-9,14H,5-7H2,1-4H3,(H,12,15). The van der Waals surface area contributed by atoms with E-state index in [0.29, 0.717) is 12.8 Å². The molecule has 0 heterocycles. The Kier molecular flexibility index (Phi) is 3.73. The molecule has 1 aliphatic carbocycles. The van der Waals surface area contributed by atoms with Crippen LogP contribution in [0.3, 0.4) is 0 Å². The molecule has 0 spiro atoms. The highest BCUT2D eigenvalue weighted by Crippen LogP contribution is 2.40. The number of nitrogens with zero attached hydrogens (tertiary/aromatic N) is 1. The summed E-state index contributed by atoms with van der Waals surface area (Å²) < 4.78 is 0. The molecule has 1 fully saturated rings. The summed E-state index contributed by atoms with van der Waals surface area (Å²) in [5.41, 5.74) is -0.173. The lowest BCUT2D eigenvalue weighted by molar-refractivity contribution is -0.129. The maximum atomic E-state index is 11.5. The van der Waals surface area contributed by atoms with Gasteiger partial charge in [0.1, 0.15) is 0 Å². The zero-order valence-corrected chi connectivity index (χ0v) is 10.1. The summed E-state index contributed by atoms with van der Waals surface area (Å²) in [6.07, 6.45) is 0.924. The van der Waals surface area contributed by atoms with Crippen LogP contribution < -0.4 is 5.32 Å². The molecule has 0 aromatic carbocycles. The molecule has 15 heavy (non-hydrogen) atoms. The molecule has 2 unspecified atom stereocenters. The number of aliphatic hydroxyl groups is 1. The van der Waals surface area contributed by atoms with E-state index >= 15 is 0 Å². The van der Waals surface area contributed by atoms with E-state index in [1.165, 1.54) is 0 Å². The quantitative estimate of drug-likeness (QED) is 0.703. The van der Waals surface area contributed by atoms with Crippen LogP contribution in [0.1, 0.15) is 26.7 Å². The Morgan fingerprint density at radius 2 is 2.13 bits per heavy atom. The Morgan fingerprint density at radius 3 is 2.53 bits per heavy atom. The topological polar surface area (TPSA) is 52.6 Å². The average molecular weight is 214 g/mol. The third kappa shape index (κ3) is 2.92. The Morgan fingerprint density at radius 1 is 1.53 bits per heavy atom. The van der Waals surface area contributed by atoms with Gasteiger partial charge in [-0.3, -0.25) is 4.79 Å². The van der Waals surface area contributed by atoms with Crippen molar-refractivity contribution in [3.63, 3.8) is 0 Å². The van der Waals surface area contributed by atoms with Crippen LogP contribution in [-0.4, -0.2) is 48.7 Å². The highest BCUT2D eigenvalue weighted by molar-refractivity contribution is 5.76. The Balaban J connectivity index is 2.28. The van der Waals surface area contributed by atoms with Crippen LogP contribution >= 0.6 is 0 Å². The van der Waals surface area contributed by atoms with Gasteiger partial charge in [0.05, 0.1) is 6.10 Å². The maximum Gasteiger partial charge on any atom is 0.221 e. The zero-order chi connectivity index (χ0) is 11.6. The average Bonchev–Trinajstić information content (AvgIpc) is 2.14. The van der Waals surface area contributed by atoms with Crippen LogP contribution in [0, 0.1) is 5.41 Å². The van der Waals surface area contributed by atoms with Crippen LogP contribution in [0.25, 0.3) is 0 Å². The number of hydrogen-bond donors (Lipinski definition) is 2. The normalized spacial score (nSPS) is 28.7. The molecule has 0 aliphatic heterocycles. The predicted molar refractivity (Wildman–Crippen MR) is 59.5 cm³/mol. The van der Waals surface area contributed by atoms with Crippen molar-refractivity contribution in [1.29, 1.82) is 0 Å². The molecule has 1 rings (SSSR count). The predicted octanol–water partition coefficient (Wildman–Crippen LogP) is 0.214. The highest BCUT2D eigenvalue weighted by Gasteiger charge is 2.47. The van der Waals surface area contributed by atoms with Gasteiger partial charge in [-0.15, -0.1) is 0 Å². The smallest absolute Gasteiger partial charge is 0.221 e. The van der Waals surface area contributed by atoms with E-state index in [0.717, 1.165) is 6.54 Å². The van der Waals surface area contributed by atoms with E-state index in [4.69, 9.17) is 0 Å². The number of nitrogens with one attached hydrogen (secondary N) is 1. The first-order chi connectivity index (χ1) is 6.84. The number of rotatable bonds is 4. The summed E-state index contributed by atoms with van der Waals surface area (Å²) >= 11 is 0. The summed E-state index contributed by atoms with van der Waals surface area (Å²) in [5.74, 6) is 0.0775. The third-order valence-electron chi connectivity index (χ3n) is 3.34. The van der Waals surface area contributed by atoms with Crippen molar-refractivity contribution >= 4 is 5.91 Å². The summed E-state index contributed by atoms with van der Waals surface area (Å²) in [6, 6.07) is 0.127. The molecule has 0 bridgehead atoms. The van der Waals surface area contributed by atoms with Crippen LogP contribution in [-0.2, 0) is 4.79 Å². The fourth-order valence-electron chi connectivity index (χ4n) is 1.74. The van der Waals surface area contributed by atoms with Crippen LogP contribution in [0.15, 0.2) is 0 Å². The minimum atomic E-state index is -0.281. The van der Waals surface area contributed by atoms with Gasteiger partial charge in [-0.25, -0.2) is 0 Å². The van der Waals surface area contributed by atoms with Gasteiger partial charge in [0.2, 0.25) is 5.91 Å². The summed E-state index contributed by atoms with van der Waals surface area (Å²) in [7, 11) is 3.90. The van der Waals surface area contributed by atoms with Gasteiger partial charge in [0, 0.05) is 24.4 Å². The van der Waals surface area contributed by atoms with Crippen molar-refractivity contribution < 1.29 is 9.90 Å². The lowest BCUT2D eigenvalue weighted by Crippen LogP contribution is -2.61. The fourth-order valence-corrected chi connectivity index (χ4v) is 1.74. The van der Waals surface area contributed by atoms with Crippen molar-refractivity contribution in [1.82, 2.24) is 10.2 Å². The SMILES string of the molecule is CN(C)CCC(=O)NC1CC(O)C1(C)C. The molecule has 1 aliphatic rings. The van der Waals surface area contributed by atoms with E-state index in [1.54, 1.807) is 0 Å². The molecule has 0 aromatic heterocycles. The number of hydrogen-bond acceptors (Lipinski definition) is 3. The Hall–Kier alpha value is -0.610. The lowest BCUT2D eigenvalue weighted by Gasteiger charge is -2.49. The monoisotopic (exact) mass is 214 g/mol. The summed E-state index contributed by atoms with van der Waals surface area (Å²) in [4.78, 5) is 13.5. The molecular weight excluding hydrogens is 192 g/mol. The number of carbonyl (C=O) groups excluding carboxylic acids is 1. The first kappa shape index (κ1) is 12.5. The second-order valence-corrected chi connectivity index (χ2v) is 5.25. The first-order valence-electron chi connectivity index (χ1n) is 5.46. The fraction of sp³-hybridized carbons (Fsp3) is 0.909. The van der Waals surface area contributed by atoms with Gasteiger partial charge in [0.25, 0.3) is 0 Å². The van der Waals surface area contributed by atoms with E-state index in [1.807, 2.05) is 32.8 Å². The number of amides is 1. The van der Waals surface area contributed by atoms with Crippen molar-refractivity contribution in [2.45, 2.75) is 38.8 Å². The summed E-state index contributed by atoms with van der Waals surface area (Å²) in [6.45, 7) is 4.73. The third-order valence-corrected chi connectivity index (χ3v) is 3.34. The van der Waals surface area contributed by atoms with E-state index in [9.17, 15) is 9.90 Å². The van der Waals surface area contributed by atoms with E-state index < -0.39 is 0 Å². The molecule has 1 amide bonds. The van der Waals surface area contributed by atoms with Gasteiger partial charge >= 0.3 is 0 Å². The van der Waals surface area contributed by atoms with Gasteiger partial charge in [-0.2, -0.15) is 0 Å². The van der Waals surface area contributed by atoms with Gasteiger partial charge in [-0.1, -0.05) is 13.8 Å². The van der Waals surface area contributed by atoms with Crippen LogP contribution in [0.2, 0.25) is 0 Å². The van der Waals surface area contributed by atoms with Gasteiger partial charge < -0.3 is 15.3 Å². The van der Waals surface area contributed by atoms with Crippen molar-refractivity contribution in [3.05, 3.63) is 0 Å². The van der Waals surface area contributed by atoms with Crippen LogP contribution in [0.5, 0.6) is 0 Å². The molecular formula is C11H22N2O2. The minimum Gasteiger partial charge on any atom is -0.392 e. The zero-order valence-electron chi connectivity index (χ0n) is 10.1. The molecule has 4 heteroatoms. The molecule has 2 N–H and O–H groups in total. The molecule has 4 nitrogen and oxygen atoms in total. The largest absolute Gasteiger partial charge is 0.392 e. The van der Waals surface area contributed by atoms with E-state index in [2.05, 4.69) is 5.32 Å². The molecule has 0 radical (unpaired) electrons. The van der Waals surface area contributed by atoms with E-state index in [-0.39, 0.29) is 23.5 Å². The van der Waals surface area contributed by atoms with Crippen LogP contribution in [0.4, 0.5) is 0 Å². The van der Waals surface area contributed by atoms with Crippen molar-refractivity contribution in [2.75, 3.05) is 20.6 Å². The second-order valence-electron chi connectivity index (χ2n) is 5.25. The second kappa shape index (κ2) is 4.49. The van der Waals surface area contributed by atoms with Gasteiger partial charge in [0.15, 0.2) is 0 Å². The van der Waals surface area contributed by atoms with Gasteiger partial charge in [-0.05, 0) is 20.5 Å². The molecule has 88 valence electrons. The highest BCUT2D eigenvalue weighted by atomic mass is 16.3. The minimum absolute atomic E-state index is 0.0775.